The van der Waals surface area contributed by atoms with Gasteiger partial charge >= 0.3 is 0 Å². The van der Waals surface area contributed by atoms with E-state index in [2.05, 4.69) is 27.4 Å². The molecule has 11 heteroatoms. The maximum atomic E-state index is 12.6. The number of thioether (sulfide) groups is 1. The van der Waals surface area contributed by atoms with Crippen molar-refractivity contribution in [3.05, 3.63) is 81.1 Å². The average molecular weight is 539 g/mol. The third-order valence-corrected chi connectivity index (χ3v) is 6.72. The minimum absolute atomic E-state index is 0.0515. The maximum Gasteiger partial charge on any atom is 0.251 e. The number of nitrogens with one attached hydrogen (secondary N) is 2. The van der Waals surface area contributed by atoms with E-state index in [0.29, 0.717) is 33.8 Å². The molecule has 2 amide bonds. The normalized spacial score (nSPS) is 11.7. The van der Waals surface area contributed by atoms with Crippen LogP contribution in [0.1, 0.15) is 34.7 Å². The Kier molecular flexibility index (Phi) is 9.02. The molecule has 3 aromatic rings. The molecule has 178 valence electrons. The first kappa shape index (κ1) is 26.1. The van der Waals surface area contributed by atoms with Crippen molar-refractivity contribution in [1.82, 2.24) is 20.1 Å². The third kappa shape index (κ3) is 6.54. The van der Waals surface area contributed by atoms with E-state index in [1.807, 2.05) is 26.0 Å². The molecule has 0 aliphatic rings. The highest BCUT2D eigenvalue weighted by Gasteiger charge is 2.21. The molecule has 7 nitrogen and oxygen atoms in total. The lowest BCUT2D eigenvalue weighted by atomic mass is 10.1. The van der Waals surface area contributed by atoms with E-state index in [1.54, 1.807) is 22.8 Å². The van der Waals surface area contributed by atoms with Crippen molar-refractivity contribution in [2.45, 2.75) is 31.6 Å². The van der Waals surface area contributed by atoms with Crippen molar-refractivity contribution in [1.29, 1.82) is 0 Å². The molecule has 1 heterocycles. The number of halogens is 3. The molecule has 34 heavy (non-hydrogen) atoms. The number of carbonyl (C=O) groups excluding carboxylic acids is 2. The van der Waals surface area contributed by atoms with Gasteiger partial charge in [-0.25, -0.2) is 0 Å². The second kappa shape index (κ2) is 11.8. The van der Waals surface area contributed by atoms with Crippen molar-refractivity contribution in [2.24, 2.45) is 0 Å². The summed E-state index contributed by atoms with van der Waals surface area (Å²) < 4.78 is 1.80. The topological polar surface area (TPSA) is 88.9 Å². The zero-order valence-corrected chi connectivity index (χ0v) is 21.5. The van der Waals surface area contributed by atoms with E-state index < -0.39 is 6.04 Å². The Balaban J connectivity index is 1.67. The van der Waals surface area contributed by atoms with Crippen LogP contribution in [0.2, 0.25) is 15.1 Å². The summed E-state index contributed by atoms with van der Waals surface area (Å²) in [6.07, 6.45) is 1.70. The van der Waals surface area contributed by atoms with Crippen LogP contribution in [0.5, 0.6) is 0 Å². The number of rotatable bonds is 9. The first-order valence-electron chi connectivity index (χ1n) is 10.2. The van der Waals surface area contributed by atoms with E-state index in [-0.39, 0.29) is 27.6 Å². The van der Waals surface area contributed by atoms with E-state index in [4.69, 9.17) is 34.8 Å². The molecular weight excluding hydrogens is 517 g/mol. The van der Waals surface area contributed by atoms with Crippen LogP contribution in [0.15, 0.2) is 54.2 Å². The predicted molar refractivity (Wildman–Crippen MR) is 138 cm³/mol. The van der Waals surface area contributed by atoms with Gasteiger partial charge in [0.05, 0.1) is 32.5 Å². The van der Waals surface area contributed by atoms with Crippen LogP contribution in [0.3, 0.4) is 0 Å². The molecule has 3 rings (SSSR count). The van der Waals surface area contributed by atoms with E-state index in [0.717, 1.165) is 5.56 Å². The molecule has 1 atom stereocenters. The largest absolute Gasteiger partial charge is 0.342 e. The third-order valence-electron chi connectivity index (χ3n) is 4.72. The van der Waals surface area contributed by atoms with Crippen molar-refractivity contribution < 1.29 is 9.59 Å². The fraction of sp³-hybridized carbons (Fsp3) is 0.217. The number of hydrogen-bond donors (Lipinski definition) is 2. The van der Waals surface area contributed by atoms with Gasteiger partial charge in [-0.2, -0.15) is 0 Å². The van der Waals surface area contributed by atoms with Gasteiger partial charge in [0, 0.05) is 12.1 Å². The van der Waals surface area contributed by atoms with Crippen molar-refractivity contribution in [3.63, 3.8) is 0 Å². The number of carbonyl (C=O) groups is 2. The molecule has 0 fully saturated rings. The van der Waals surface area contributed by atoms with Crippen LogP contribution in [-0.2, 0) is 11.3 Å². The van der Waals surface area contributed by atoms with Crippen LogP contribution < -0.4 is 10.6 Å². The number of aromatic nitrogens is 3. The Morgan fingerprint density at radius 3 is 2.47 bits per heavy atom. The Bertz CT molecular complexity index is 1210. The summed E-state index contributed by atoms with van der Waals surface area (Å²) in [5, 5.41) is 15.5. The number of allylic oxidation sites excluding steroid dienone is 1. The lowest BCUT2D eigenvalue weighted by Crippen LogP contribution is -2.28. The Morgan fingerprint density at radius 1 is 1.12 bits per heavy atom. The average Bonchev–Trinajstić information content (AvgIpc) is 3.19. The smallest absolute Gasteiger partial charge is 0.251 e. The van der Waals surface area contributed by atoms with Gasteiger partial charge in [-0.3, -0.25) is 9.59 Å². The molecule has 2 N–H and O–H groups in total. The molecule has 2 aromatic carbocycles. The lowest BCUT2D eigenvalue weighted by Gasteiger charge is -2.15. The van der Waals surface area contributed by atoms with Crippen LogP contribution in [0, 0.1) is 6.92 Å². The molecule has 0 bridgehead atoms. The van der Waals surface area contributed by atoms with E-state index in [9.17, 15) is 9.59 Å². The van der Waals surface area contributed by atoms with Crippen molar-refractivity contribution >= 4 is 64.1 Å². The van der Waals surface area contributed by atoms with Gasteiger partial charge in [0.1, 0.15) is 0 Å². The number of aryl methyl sites for hydroxylation is 1. The lowest BCUT2D eigenvalue weighted by molar-refractivity contribution is -0.113. The summed E-state index contributed by atoms with van der Waals surface area (Å²) >= 11 is 19.3. The highest BCUT2D eigenvalue weighted by Crippen LogP contribution is 2.32. The van der Waals surface area contributed by atoms with Crippen LogP contribution in [-0.4, -0.2) is 32.3 Å². The summed E-state index contributed by atoms with van der Waals surface area (Å²) in [5.41, 5.74) is 1.99. The van der Waals surface area contributed by atoms with Gasteiger partial charge in [0.2, 0.25) is 5.91 Å². The Labute approximate surface area is 216 Å². The van der Waals surface area contributed by atoms with Gasteiger partial charge in [0.15, 0.2) is 11.0 Å². The zero-order valence-electron chi connectivity index (χ0n) is 18.4. The quantitative estimate of drug-likeness (QED) is 0.199. The number of nitrogens with zero attached hydrogens (tertiary/aromatic N) is 3. The fourth-order valence-corrected chi connectivity index (χ4v) is 4.36. The number of anilines is 1. The van der Waals surface area contributed by atoms with Gasteiger partial charge in [0.25, 0.3) is 5.91 Å². The minimum Gasteiger partial charge on any atom is -0.342 e. The summed E-state index contributed by atoms with van der Waals surface area (Å²) in [7, 11) is 0. The Hall–Kier alpha value is -2.52. The van der Waals surface area contributed by atoms with Gasteiger partial charge in [-0.1, -0.05) is 70.3 Å². The van der Waals surface area contributed by atoms with Crippen molar-refractivity contribution in [2.75, 3.05) is 11.1 Å². The summed E-state index contributed by atoms with van der Waals surface area (Å²) in [6.45, 7) is 7.97. The zero-order chi connectivity index (χ0) is 24.8. The highest BCUT2D eigenvalue weighted by molar-refractivity contribution is 7.99. The number of amides is 2. The first-order valence-corrected chi connectivity index (χ1v) is 12.3. The molecule has 0 saturated heterocycles. The monoisotopic (exact) mass is 537 g/mol. The molecule has 1 aromatic heterocycles. The second-order valence-corrected chi connectivity index (χ2v) is 9.55. The summed E-state index contributed by atoms with van der Waals surface area (Å²) in [6, 6.07) is 9.84. The van der Waals surface area contributed by atoms with E-state index >= 15 is 0 Å². The van der Waals surface area contributed by atoms with Crippen molar-refractivity contribution in [3.8, 4) is 0 Å². The van der Waals surface area contributed by atoms with Crippen LogP contribution in [0.25, 0.3) is 0 Å². The van der Waals surface area contributed by atoms with Gasteiger partial charge < -0.3 is 15.2 Å². The molecule has 0 aliphatic carbocycles. The first-order chi connectivity index (χ1) is 16.2. The molecule has 0 unspecified atom stereocenters. The SMILES string of the molecule is C=CCn1c(SCC(=O)Nc2cc(Cl)c(Cl)cc2Cl)nnc1[C@H](C)NC(=O)c1ccc(C)cc1. The van der Waals surface area contributed by atoms with Crippen LogP contribution >= 0.6 is 46.6 Å². The molecule has 0 saturated carbocycles. The van der Waals surface area contributed by atoms with E-state index in [1.165, 1.54) is 23.9 Å². The van der Waals surface area contributed by atoms with Crippen LogP contribution in [0.4, 0.5) is 5.69 Å². The second-order valence-electron chi connectivity index (χ2n) is 7.38. The summed E-state index contributed by atoms with van der Waals surface area (Å²) in [4.78, 5) is 25.1. The number of benzene rings is 2. The molecular formula is C23H22Cl3N5O2S. The maximum absolute atomic E-state index is 12.6. The van der Waals surface area contributed by atoms with Gasteiger partial charge in [-0.05, 0) is 38.1 Å². The Morgan fingerprint density at radius 2 is 1.79 bits per heavy atom. The highest BCUT2D eigenvalue weighted by atomic mass is 35.5. The fourth-order valence-electron chi connectivity index (χ4n) is 3.01. The minimum atomic E-state index is -0.417. The molecule has 0 aliphatic heterocycles. The molecule has 0 spiro atoms. The predicted octanol–water partition coefficient (Wildman–Crippen LogP) is 5.95. The standard InChI is InChI=1S/C23H22Cl3N5O2S/c1-4-9-31-21(14(3)27-22(33)15-7-5-13(2)6-8-15)29-30-23(31)34-12-20(32)28-19-11-17(25)16(24)10-18(19)26/h4-8,10-11,14H,1,9,12H2,2-3H3,(H,27,33)(H,28,32)/t14-/m0/s1. The van der Waals surface area contributed by atoms with Gasteiger partial charge in [-0.15, -0.1) is 16.8 Å². The summed E-state index contributed by atoms with van der Waals surface area (Å²) in [5.74, 6) is 0.0833. The molecule has 0 radical (unpaired) electrons. The number of hydrogen-bond acceptors (Lipinski definition) is 5.